The maximum absolute atomic E-state index is 10.0. The van der Waals surface area contributed by atoms with E-state index in [0.717, 1.165) is 11.3 Å². The van der Waals surface area contributed by atoms with Crippen molar-refractivity contribution in [3.05, 3.63) is 90.3 Å². The van der Waals surface area contributed by atoms with Gasteiger partial charge in [0.2, 0.25) is 0 Å². The number of aromatic nitrogens is 1. The summed E-state index contributed by atoms with van der Waals surface area (Å²) in [5.41, 5.74) is 4.71. The molecule has 0 aliphatic heterocycles. The van der Waals surface area contributed by atoms with Gasteiger partial charge in [-0.1, -0.05) is 57.2 Å². The standard InChI is InChI=1S/C23H20NS.C5H8O2.Ir/c1-23(2,3)19-11-9-16(10-12-19)20-13-18-14-21(25-22(18)15-24-20)17-7-5-4-6-8-17;1-4(6)3-5(2)7;/h4-9,11-15H,1-3H3;3,6H,1-2H3;/q-1;;/b;4-3-;. The van der Waals surface area contributed by atoms with Gasteiger partial charge >= 0.3 is 0 Å². The van der Waals surface area contributed by atoms with Gasteiger partial charge < -0.3 is 10.1 Å². The summed E-state index contributed by atoms with van der Waals surface area (Å²) in [6.45, 7) is 9.50. The number of aliphatic hydroxyl groups excluding tert-OH is 1. The smallest absolute Gasteiger partial charge is 0.155 e. The molecule has 2 heterocycles. The minimum absolute atomic E-state index is 0. The molecule has 0 aliphatic carbocycles. The molecule has 33 heavy (non-hydrogen) atoms. The molecule has 0 unspecified atom stereocenters. The van der Waals surface area contributed by atoms with E-state index in [0.29, 0.717) is 0 Å². The zero-order valence-corrected chi connectivity index (χ0v) is 22.7. The summed E-state index contributed by atoms with van der Waals surface area (Å²) in [7, 11) is 0. The molecule has 0 amide bonds. The quantitative estimate of drug-likeness (QED) is 0.142. The van der Waals surface area contributed by atoms with Crippen LogP contribution in [-0.4, -0.2) is 15.9 Å². The first-order chi connectivity index (χ1) is 15.1. The number of hydrogen-bond donors (Lipinski definition) is 1. The maximum Gasteiger partial charge on any atom is 0.155 e. The van der Waals surface area contributed by atoms with Crippen molar-refractivity contribution in [1.29, 1.82) is 0 Å². The van der Waals surface area contributed by atoms with Crippen molar-refractivity contribution < 1.29 is 30.0 Å². The molecule has 0 fully saturated rings. The molecule has 0 saturated carbocycles. The van der Waals surface area contributed by atoms with Gasteiger partial charge in [0.05, 0.1) is 10.5 Å². The Morgan fingerprint density at radius 1 is 1.06 bits per heavy atom. The zero-order chi connectivity index (χ0) is 23.3. The number of fused-ring (bicyclic) bond motifs is 1. The van der Waals surface area contributed by atoms with E-state index in [2.05, 4.69) is 86.4 Å². The van der Waals surface area contributed by atoms with Crippen LogP contribution in [-0.2, 0) is 30.3 Å². The summed E-state index contributed by atoms with van der Waals surface area (Å²) < 4.78 is 1.22. The van der Waals surface area contributed by atoms with E-state index in [9.17, 15) is 4.79 Å². The Hall–Kier alpha value is -2.59. The van der Waals surface area contributed by atoms with E-state index < -0.39 is 0 Å². The number of benzene rings is 2. The molecule has 0 aliphatic rings. The third-order valence-electron chi connectivity index (χ3n) is 4.83. The molecule has 3 nitrogen and oxygen atoms in total. The summed E-state index contributed by atoms with van der Waals surface area (Å²) in [5, 5.41) is 9.60. The first-order valence-corrected chi connectivity index (χ1v) is 11.3. The van der Waals surface area contributed by atoms with Gasteiger partial charge in [-0.05, 0) is 42.0 Å². The normalized spacial score (nSPS) is 11.4. The fourth-order valence-corrected chi connectivity index (χ4v) is 4.20. The first kappa shape index (κ1) is 26.7. The third kappa shape index (κ3) is 7.46. The average Bonchev–Trinajstić information content (AvgIpc) is 3.17. The Morgan fingerprint density at radius 2 is 1.76 bits per heavy atom. The van der Waals surface area contributed by atoms with Crippen molar-refractivity contribution in [2.24, 2.45) is 0 Å². The summed E-state index contributed by atoms with van der Waals surface area (Å²) in [5.74, 6) is -0.0625. The van der Waals surface area contributed by atoms with Crippen molar-refractivity contribution in [2.45, 2.75) is 40.0 Å². The van der Waals surface area contributed by atoms with Crippen molar-refractivity contribution in [1.82, 2.24) is 4.98 Å². The number of thiophene rings is 1. The summed E-state index contributed by atoms with van der Waals surface area (Å²) in [6, 6.07) is 24.7. The molecule has 0 saturated heterocycles. The minimum Gasteiger partial charge on any atom is -0.512 e. The fourth-order valence-electron chi connectivity index (χ4n) is 3.18. The van der Waals surface area contributed by atoms with E-state index in [-0.39, 0.29) is 37.1 Å². The van der Waals surface area contributed by atoms with Crippen LogP contribution < -0.4 is 0 Å². The van der Waals surface area contributed by atoms with Crippen LogP contribution in [0, 0.1) is 6.07 Å². The maximum atomic E-state index is 10.0. The van der Waals surface area contributed by atoms with E-state index in [4.69, 9.17) is 5.11 Å². The number of pyridine rings is 1. The van der Waals surface area contributed by atoms with Gasteiger partial charge in [0.1, 0.15) is 0 Å². The van der Waals surface area contributed by atoms with Gasteiger partial charge in [-0.2, -0.15) is 0 Å². The van der Waals surface area contributed by atoms with Gasteiger partial charge in [-0.15, -0.1) is 46.7 Å². The molecule has 2 aromatic carbocycles. The van der Waals surface area contributed by atoms with Crippen LogP contribution in [0.5, 0.6) is 0 Å². The predicted molar refractivity (Wildman–Crippen MR) is 135 cm³/mol. The van der Waals surface area contributed by atoms with Gasteiger partial charge in [-0.25, -0.2) is 0 Å². The van der Waals surface area contributed by atoms with Crippen molar-refractivity contribution in [3.63, 3.8) is 0 Å². The minimum atomic E-state index is -0.125. The van der Waals surface area contributed by atoms with Crippen LogP contribution in [0.4, 0.5) is 0 Å². The Morgan fingerprint density at radius 3 is 2.27 bits per heavy atom. The molecule has 0 bridgehead atoms. The zero-order valence-electron chi connectivity index (χ0n) is 19.5. The van der Waals surface area contributed by atoms with Gasteiger partial charge in [-0.3, -0.25) is 4.79 Å². The number of carbonyl (C=O) groups is 1. The molecule has 2 aromatic heterocycles. The second-order valence-electron chi connectivity index (χ2n) is 8.72. The number of rotatable bonds is 3. The largest absolute Gasteiger partial charge is 0.512 e. The van der Waals surface area contributed by atoms with Crippen molar-refractivity contribution in [3.8, 4) is 21.7 Å². The van der Waals surface area contributed by atoms with Gasteiger partial charge in [0.25, 0.3) is 0 Å². The van der Waals surface area contributed by atoms with Crippen LogP contribution in [0.15, 0.2) is 78.7 Å². The van der Waals surface area contributed by atoms with Crippen LogP contribution >= 0.6 is 11.3 Å². The Bertz CT molecular complexity index is 1230. The fraction of sp³-hybridized carbons (Fsp3) is 0.214. The molecule has 0 spiro atoms. The van der Waals surface area contributed by atoms with Crippen molar-refractivity contribution >= 4 is 27.2 Å². The van der Waals surface area contributed by atoms with E-state index in [1.165, 1.54) is 46.0 Å². The second kappa shape index (κ2) is 11.5. The van der Waals surface area contributed by atoms with Crippen LogP contribution in [0.25, 0.3) is 31.8 Å². The molecule has 4 aromatic rings. The number of nitrogens with zero attached hydrogens (tertiary/aromatic N) is 1. The second-order valence-corrected chi connectivity index (χ2v) is 9.81. The van der Waals surface area contributed by atoms with Gasteiger partial charge in [0.15, 0.2) is 5.78 Å². The molecule has 1 N–H and O–H groups in total. The van der Waals surface area contributed by atoms with Crippen LogP contribution in [0.1, 0.15) is 40.2 Å². The number of aliphatic hydroxyl groups is 1. The van der Waals surface area contributed by atoms with E-state index in [1.807, 2.05) is 12.3 Å². The molecule has 4 rings (SSSR count). The summed E-state index contributed by atoms with van der Waals surface area (Å²) >= 11 is 1.79. The SMILES string of the molecule is CC(=O)/C=C(/C)O.CC(C)(C)c1c[c-]c(-c2cc3cc(-c4ccccc4)sc3cn2)cc1.[Ir]. The van der Waals surface area contributed by atoms with Crippen molar-refractivity contribution in [2.75, 3.05) is 0 Å². The monoisotopic (exact) mass is 635 g/mol. The number of ketones is 1. The van der Waals surface area contributed by atoms with E-state index in [1.54, 1.807) is 11.3 Å². The first-order valence-electron chi connectivity index (χ1n) is 10.5. The van der Waals surface area contributed by atoms with Gasteiger partial charge in [0, 0.05) is 37.3 Å². The topological polar surface area (TPSA) is 50.2 Å². The van der Waals surface area contributed by atoms with Crippen LogP contribution in [0.2, 0.25) is 0 Å². The van der Waals surface area contributed by atoms with Crippen LogP contribution in [0.3, 0.4) is 0 Å². The third-order valence-corrected chi connectivity index (χ3v) is 5.96. The molecular weight excluding hydrogens is 607 g/mol. The number of allylic oxidation sites excluding steroid dienone is 2. The molecule has 5 heteroatoms. The summed E-state index contributed by atoms with van der Waals surface area (Å²) in [4.78, 5) is 16.0. The molecular formula is C28H28IrNO2S-. The predicted octanol–water partition coefficient (Wildman–Crippen LogP) is 7.76. The molecule has 1 radical (unpaired) electrons. The van der Waals surface area contributed by atoms with E-state index >= 15 is 0 Å². The number of hydrogen-bond acceptors (Lipinski definition) is 4. The Balaban J connectivity index is 0.000000423. The Labute approximate surface area is 213 Å². The average molecular weight is 635 g/mol. The number of carbonyl (C=O) groups excluding carboxylic acids is 1. The molecule has 0 atom stereocenters. The molecule has 173 valence electrons. The summed E-state index contributed by atoms with van der Waals surface area (Å²) in [6.07, 6.45) is 3.15. The Kier molecular flexibility index (Phi) is 9.30.